The largest absolute Gasteiger partial charge is 0.390 e. The van der Waals surface area contributed by atoms with E-state index in [1.807, 2.05) is 32.2 Å². The summed E-state index contributed by atoms with van der Waals surface area (Å²) in [5.74, 6) is 1.52. The van der Waals surface area contributed by atoms with Gasteiger partial charge in [-0.1, -0.05) is 30.0 Å². The summed E-state index contributed by atoms with van der Waals surface area (Å²) >= 11 is 1.57. The molecule has 1 aliphatic rings. The highest BCUT2D eigenvalue weighted by Crippen LogP contribution is 2.42. The van der Waals surface area contributed by atoms with Gasteiger partial charge in [0.2, 0.25) is 0 Å². The second-order valence-corrected chi connectivity index (χ2v) is 7.70. The molecule has 0 spiro atoms. The fourth-order valence-electron chi connectivity index (χ4n) is 2.72. The fraction of sp³-hybridized carbons (Fsp3) is 0.412. The Balaban J connectivity index is 1.76. The average Bonchev–Trinajstić information content (AvgIpc) is 3.12. The van der Waals surface area contributed by atoms with E-state index in [1.54, 1.807) is 11.8 Å². The van der Waals surface area contributed by atoms with Crippen LogP contribution in [0, 0.1) is 0 Å². The van der Waals surface area contributed by atoms with Crippen LogP contribution in [0.15, 0.2) is 35.6 Å². The topological polar surface area (TPSA) is 66.7 Å². The molecule has 0 radical (unpaired) electrons. The molecule has 4 rings (SSSR count). The van der Waals surface area contributed by atoms with Gasteiger partial charge in [-0.25, -0.2) is 0 Å². The molecule has 5 nitrogen and oxygen atoms in total. The van der Waals surface area contributed by atoms with Gasteiger partial charge in [-0.15, -0.1) is 10.2 Å². The number of nitrogens with zero attached hydrogens (tertiary/aromatic N) is 3. The molecule has 3 aromatic rings. The van der Waals surface area contributed by atoms with Gasteiger partial charge in [0.05, 0.1) is 5.60 Å². The molecule has 0 saturated heterocycles. The van der Waals surface area contributed by atoms with Crippen LogP contribution >= 0.6 is 11.8 Å². The zero-order chi connectivity index (χ0) is 16.0. The Morgan fingerprint density at radius 2 is 2.09 bits per heavy atom. The number of rotatable bonds is 5. The Hall–Kier alpha value is -1.79. The standard InChI is InChI=1S/C17H20N4OS/c1-17(2,22)10-23-16-20-19-15(21(16)11-7-8-11)13-9-18-14-6-4-3-5-12(13)14/h3-6,9,11,18,22H,7-8,10H2,1-2H3. The molecule has 1 saturated carbocycles. The summed E-state index contributed by atoms with van der Waals surface area (Å²) in [6.07, 6.45) is 4.35. The minimum Gasteiger partial charge on any atom is -0.390 e. The number of H-pyrrole nitrogens is 1. The monoisotopic (exact) mass is 328 g/mol. The number of aliphatic hydroxyl groups is 1. The summed E-state index contributed by atoms with van der Waals surface area (Å²) in [5.41, 5.74) is 1.49. The van der Waals surface area contributed by atoms with Gasteiger partial charge >= 0.3 is 0 Å². The lowest BCUT2D eigenvalue weighted by molar-refractivity contribution is 0.107. The van der Waals surface area contributed by atoms with Gasteiger partial charge in [-0.05, 0) is 32.8 Å². The number of aromatic amines is 1. The van der Waals surface area contributed by atoms with Crippen molar-refractivity contribution in [3.63, 3.8) is 0 Å². The molecular weight excluding hydrogens is 308 g/mol. The van der Waals surface area contributed by atoms with Crippen molar-refractivity contribution in [3.8, 4) is 11.4 Å². The molecular formula is C17H20N4OS. The molecule has 1 aromatic carbocycles. The number of aromatic nitrogens is 4. The van der Waals surface area contributed by atoms with E-state index in [4.69, 9.17) is 0 Å². The Morgan fingerprint density at radius 3 is 2.83 bits per heavy atom. The molecule has 0 atom stereocenters. The van der Waals surface area contributed by atoms with E-state index in [9.17, 15) is 5.11 Å². The molecule has 23 heavy (non-hydrogen) atoms. The molecule has 0 bridgehead atoms. The van der Waals surface area contributed by atoms with E-state index in [0.29, 0.717) is 11.8 Å². The Morgan fingerprint density at radius 1 is 1.30 bits per heavy atom. The molecule has 2 heterocycles. The lowest BCUT2D eigenvalue weighted by atomic mass is 10.1. The number of hydrogen-bond acceptors (Lipinski definition) is 4. The first-order valence-corrected chi connectivity index (χ1v) is 8.88. The van der Waals surface area contributed by atoms with Gasteiger partial charge in [-0.2, -0.15) is 0 Å². The number of thioether (sulfide) groups is 1. The lowest BCUT2D eigenvalue weighted by Gasteiger charge is -2.16. The van der Waals surface area contributed by atoms with E-state index >= 15 is 0 Å². The van der Waals surface area contributed by atoms with Crippen LogP contribution in [0.1, 0.15) is 32.7 Å². The van der Waals surface area contributed by atoms with E-state index in [1.165, 1.54) is 18.2 Å². The molecule has 6 heteroatoms. The summed E-state index contributed by atoms with van der Waals surface area (Å²) in [6, 6.07) is 8.73. The summed E-state index contributed by atoms with van der Waals surface area (Å²) in [4.78, 5) is 3.31. The molecule has 120 valence electrons. The number of hydrogen-bond donors (Lipinski definition) is 2. The van der Waals surface area contributed by atoms with E-state index in [2.05, 4.69) is 31.9 Å². The van der Waals surface area contributed by atoms with Crippen molar-refractivity contribution >= 4 is 22.7 Å². The van der Waals surface area contributed by atoms with Crippen LogP contribution in [0.2, 0.25) is 0 Å². The third-order valence-electron chi connectivity index (χ3n) is 3.96. The zero-order valence-corrected chi connectivity index (χ0v) is 14.1. The summed E-state index contributed by atoms with van der Waals surface area (Å²) in [5, 5.41) is 20.9. The smallest absolute Gasteiger partial charge is 0.191 e. The maximum absolute atomic E-state index is 9.97. The zero-order valence-electron chi connectivity index (χ0n) is 13.3. The van der Waals surface area contributed by atoms with Crippen LogP contribution in [-0.2, 0) is 0 Å². The van der Waals surface area contributed by atoms with Gasteiger partial charge in [0, 0.05) is 34.5 Å². The molecule has 0 amide bonds. The quantitative estimate of drug-likeness (QED) is 0.702. The summed E-state index contributed by atoms with van der Waals surface area (Å²) in [7, 11) is 0. The van der Waals surface area contributed by atoms with Crippen LogP contribution in [-0.4, -0.2) is 36.2 Å². The first-order chi connectivity index (χ1) is 11.0. The van der Waals surface area contributed by atoms with Crippen LogP contribution in [0.5, 0.6) is 0 Å². The first-order valence-electron chi connectivity index (χ1n) is 7.89. The van der Waals surface area contributed by atoms with Crippen molar-refractivity contribution in [1.29, 1.82) is 0 Å². The summed E-state index contributed by atoms with van der Waals surface area (Å²) < 4.78 is 2.24. The van der Waals surface area contributed by atoms with Crippen LogP contribution in [0.4, 0.5) is 0 Å². The third-order valence-corrected chi connectivity index (χ3v) is 5.35. The van der Waals surface area contributed by atoms with Gasteiger partial charge in [0.15, 0.2) is 11.0 Å². The number of benzene rings is 1. The van der Waals surface area contributed by atoms with E-state index < -0.39 is 5.60 Å². The predicted molar refractivity (Wildman–Crippen MR) is 92.6 cm³/mol. The second kappa shape index (κ2) is 5.39. The third kappa shape index (κ3) is 2.88. The van der Waals surface area contributed by atoms with Crippen LogP contribution in [0.25, 0.3) is 22.3 Å². The summed E-state index contributed by atoms with van der Waals surface area (Å²) in [6.45, 7) is 3.64. The molecule has 1 fully saturated rings. The van der Waals surface area contributed by atoms with Gasteiger partial charge in [-0.3, -0.25) is 4.57 Å². The van der Waals surface area contributed by atoms with Gasteiger partial charge in [0.25, 0.3) is 0 Å². The maximum atomic E-state index is 9.97. The van der Waals surface area contributed by atoms with Crippen molar-refractivity contribution in [2.75, 3.05) is 5.75 Å². The van der Waals surface area contributed by atoms with Crippen LogP contribution in [0.3, 0.4) is 0 Å². The van der Waals surface area contributed by atoms with Crippen molar-refractivity contribution < 1.29 is 5.11 Å². The molecule has 1 aliphatic carbocycles. The van der Waals surface area contributed by atoms with Gasteiger partial charge < -0.3 is 10.1 Å². The fourth-order valence-corrected chi connectivity index (χ4v) is 3.67. The second-order valence-electron chi connectivity index (χ2n) is 6.76. The van der Waals surface area contributed by atoms with Crippen molar-refractivity contribution in [1.82, 2.24) is 19.7 Å². The van der Waals surface area contributed by atoms with E-state index in [-0.39, 0.29) is 0 Å². The van der Waals surface area contributed by atoms with Crippen molar-refractivity contribution in [2.24, 2.45) is 0 Å². The average molecular weight is 328 g/mol. The lowest BCUT2D eigenvalue weighted by Crippen LogP contribution is -2.22. The van der Waals surface area contributed by atoms with Gasteiger partial charge in [0.1, 0.15) is 0 Å². The number of fused-ring (bicyclic) bond motifs is 1. The highest BCUT2D eigenvalue weighted by atomic mass is 32.2. The minimum absolute atomic E-state index is 0.484. The van der Waals surface area contributed by atoms with Crippen molar-refractivity contribution in [3.05, 3.63) is 30.5 Å². The molecule has 0 unspecified atom stereocenters. The SMILES string of the molecule is CC(C)(O)CSc1nnc(-c2c[nH]c3ccccc23)n1C1CC1. The molecule has 2 N–H and O–H groups in total. The number of nitrogens with one attached hydrogen (secondary N) is 1. The highest BCUT2D eigenvalue weighted by molar-refractivity contribution is 7.99. The Bertz CT molecular complexity index is 842. The first kappa shape index (κ1) is 14.8. The maximum Gasteiger partial charge on any atom is 0.191 e. The minimum atomic E-state index is -0.716. The molecule has 2 aromatic heterocycles. The van der Waals surface area contributed by atoms with Crippen molar-refractivity contribution in [2.45, 2.75) is 43.5 Å². The predicted octanol–water partition coefficient (Wildman–Crippen LogP) is 3.62. The van der Waals surface area contributed by atoms with E-state index in [0.717, 1.165) is 22.1 Å². The highest BCUT2D eigenvalue weighted by Gasteiger charge is 2.31. The Kier molecular flexibility index (Phi) is 3.46. The normalized spacial score (nSPS) is 15.4. The van der Waals surface area contributed by atoms with Crippen LogP contribution < -0.4 is 0 Å². The Labute approximate surface area is 139 Å². The molecule has 0 aliphatic heterocycles. The number of para-hydroxylation sites is 1.